The molecular weight excluding hydrogens is 156 g/mol. The highest BCUT2D eigenvalue weighted by Crippen LogP contribution is 2.21. The SMILES string of the molecule is COC(=O)C1CCCCC(=O)C1. The van der Waals surface area contributed by atoms with Gasteiger partial charge in [-0.3, -0.25) is 9.59 Å². The van der Waals surface area contributed by atoms with Crippen LogP contribution in [0.5, 0.6) is 0 Å². The van der Waals surface area contributed by atoms with Crippen LogP contribution in [0.15, 0.2) is 0 Å². The van der Waals surface area contributed by atoms with Gasteiger partial charge in [0.25, 0.3) is 0 Å². The molecule has 12 heavy (non-hydrogen) atoms. The first-order valence-electron chi connectivity index (χ1n) is 4.33. The number of hydrogen-bond acceptors (Lipinski definition) is 3. The number of carbonyl (C=O) groups is 2. The lowest BCUT2D eigenvalue weighted by Crippen LogP contribution is -2.17. The fraction of sp³-hybridized carbons (Fsp3) is 0.778. The Morgan fingerprint density at radius 3 is 2.92 bits per heavy atom. The van der Waals surface area contributed by atoms with Gasteiger partial charge in [-0.15, -0.1) is 0 Å². The van der Waals surface area contributed by atoms with Crippen molar-refractivity contribution in [1.82, 2.24) is 0 Å². The second-order valence-corrected chi connectivity index (χ2v) is 3.21. The molecule has 0 spiro atoms. The van der Waals surface area contributed by atoms with E-state index < -0.39 is 0 Å². The van der Waals surface area contributed by atoms with Crippen molar-refractivity contribution in [2.75, 3.05) is 7.11 Å². The van der Waals surface area contributed by atoms with E-state index in [1.807, 2.05) is 0 Å². The van der Waals surface area contributed by atoms with Crippen LogP contribution in [0.4, 0.5) is 0 Å². The van der Waals surface area contributed by atoms with Gasteiger partial charge in [-0.1, -0.05) is 6.42 Å². The van der Waals surface area contributed by atoms with Crippen LogP contribution in [-0.4, -0.2) is 18.9 Å². The molecule has 0 radical (unpaired) electrons. The van der Waals surface area contributed by atoms with E-state index in [1.165, 1.54) is 7.11 Å². The quantitative estimate of drug-likeness (QED) is 0.440. The van der Waals surface area contributed by atoms with Crippen LogP contribution < -0.4 is 0 Å². The molecule has 1 atom stereocenters. The molecular formula is C9H14O3. The van der Waals surface area contributed by atoms with Crippen LogP contribution in [0.25, 0.3) is 0 Å². The van der Waals surface area contributed by atoms with E-state index in [-0.39, 0.29) is 17.7 Å². The zero-order valence-electron chi connectivity index (χ0n) is 7.34. The Hall–Kier alpha value is -0.860. The molecule has 3 heteroatoms. The van der Waals surface area contributed by atoms with Gasteiger partial charge in [-0.05, 0) is 12.8 Å². The van der Waals surface area contributed by atoms with Crippen molar-refractivity contribution in [3.63, 3.8) is 0 Å². The molecule has 0 N–H and O–H groups in total. The first kappa shape index (κ1) is 9.23. The molecule has 0 bridgehead atoms. The van der Waals surface area contributed by atoms with Gasteiger partial charge < -0.3 is 4.74 Å². The second kappa shape index (κ2) is 4.24. The molecule has 1 aliphatic rings. The maximum Gasteiger partial charge on any atom is 0.309 e. The number of ether oxygens (including phenoxy) is 1. The van der Waals surface area contributed by atoms with Crippen LogP contribution in [0.3, 0.4) is 0 Å². The third-order valence-corrected chi connectivity index (χ3v) is 2.27. The number of hydrogen-bond donors (Lipinski definition) is 0. The highest BCUT2D eigenvalue weighted by Gasteiger charge is 2.24. The molecule has 0 aromatic rings. The number of ketones is 1. The summed E-state index contributed by atoms with van der Waals surface area (Å²) in [5.41, 5.74) is 0. The normalized spacial score (nSPS) is 24.8. The van der Waals surface area contributed by atoms with E-state index in [2.05, 4.69) is 4.74 Å². The fourth-order valence-electron chi connectivity index (χ4n) is 1.56. The average molecular weight is 170 g/mol. The zero-order valence-corrected chi connectivity index (χ0v) is 7.34. The predicted molar refractivity (Wildman–Crippen MR) is 43.6 cm³/mol. The van der Waals surface area contributed by atoms with Gasteiger partial charge >= 0.3 is 5.97 Å². The average Bonchev–Trinajstić information content (AvgIpc) is 2.28. The highest BCUT2D eigenvalue weighted by atomic mass is 16.5. The Labute approximate surface area is 72.1 Å². The standard InChI is InChI=1S/C9H14O3/c1-12-9(11)7-4-2-3-5-8(10)6-7/h7H,2-6H2,1H3. The van der Waals surface area contributed by atoms with Gasteiger partial charge in [0.15, 0.2) is 0 Å². The molecule has 0 heterocycles. The summed E-state index contributed by atoms with van der Waals surface area (Å²) in [6.07, 6.45) is 3.70. The molecule has 1 rings (SSSR count). The Morgan fingerprint density at radius 2 is 2.25 bits per heavy atom. The van der Waals surface area contributed by atoms with Crippen LogP contribution in [-0.2, 0) is 14.3 Å². The number of Topliss-reactive ketones (excluding diaryl/α,β-unsaturated/α-hetero) is 1. The smallest absolute Gasteiger partial charge is 0.309 e. The fourth-order valence-corrected chi connectivity index (χ4v) is 1.56. The van der Waals surface area contributed by atoms with Crippen molar-refractivity contribution in [2.45, 2.75) is 32.1 Å². The van der Waals surface area contributed by atoms with Crippen LogP contribution in [0.2, 0.25) is 0 Å². The van der Waals surface area contributed by atoms with Gasteiger partial charge in [-0.25, -0.2) is 0 Å². The molecule has 0 aromatic heterocycles. The third kappa shape index (κ3) is 2.32. The Bertz CT molecular complexity index is 186. The van der Waals surface area contributed by atoms with E-state index in [9.17, 15) is 9.59 Å². The number of rotatable bonds is 1. The molecule has 0 amide bonds. The summed E-state index contributed by atoms with van der Waals surface area (Å²) in [6.45, 7) is 0. The van der Waals surface area contributed by atoms with E-state index in [0.29, 0.717) is 12.8 Å². The lowest BCUT2D eigenvalue weighted by atomic mass is 10.0. The first-order chi connectivity index (χ1) is 5.74. The molecule has 0 saturated heterocycles. The monoisotopic (exact) mass is 170 g/mol. The summed E-state index contributed by atoms with van der Waals surface area (Å²) < 4.78 is 4.60. The Kier molecular flexibility index (Phi) is 3.26. The Balaban J connectivity index is 2.51. The molecule has 1 saturated carbocycles. The molecule has 68 valence electrons. The van der Waals surface area contributed by atoms with Gasteiger partial charge in [0, 0.05) is 12.8 Å². The van der Waals surface area contributed by atoms with E-state index >= 15 is 0 Å². The van der Waals surface area contributed by atoms with Crippen molar-refractivity contribution >= 4 is 11.8 Å². The lowest BCUT2D eigenvalue weighted by molar-refractivity contribution is -0.147. The van der Waals surface area contributed by atoms with Crippen molar-refractivity contribution in [3.05, 3.63) is 0 Å². The van der Waals surface area contributed by atoms with Crippen molar-refractivity contribution < 1.29 is 14.3 Å². The summed E-state index contributed by atoms with van der Waals surface area (Å²) in [6, 6.07) is 0. The number of methoxy groups -OCH3 is 1. The number of carbonyl (C=O) groups excluding carboxylic acids is 2. The minimum atomic E-state index is -0.231. The van der Waals surface area contributed by atoms with E-state index in [0.717, 1.165) is 19.3 Å². The second-order valence-electron chi connectivity index (χ2n) is 3.21. The zero-order chi connectivity index (χ0) is 8.97. The summed E-state index contributed by atoms with van der Waals surface area (Å²) in [7, 11) is 1.37. The van der Waals surface area contributed by atoms with E-state index in [1.54, 1.807) is 0 Å². The molecule has 0 aromatic carbocycles. The molecule has 1 aliphatic carbocycles. The van der Waals surface area contributed by atoms with Gasteiger partial charge in [0.2, 0.25) is 0 Å². The summed E-state index contributed by atoms with van der Waals surface area (Å²) in [5.74, 6) is -0.210. The summed E-state index contributed by atoms with van der Waals surface area (Å²) in [5, 5.41) is 0. The largest absolute Gasteiger partial charge is 0.469 e. The minimum Gasteiger partial charge on any atom is -0.469 e. The maximum absolute atomic E-state index is 11.1. The van der Waals surface area contributed by atoms with Gasteiger partial charge in [-0.2, -0.15) is 0 Å². The number of esters is 1. The lowest BCUT2D eigenvalue weighted by Gasteiger charge is -2.09. The molecule has 1 fully saturated rings. The summed E-state index contributed by atoms with van der Waals surface area (Å²) >= 11 is 0. The third-order valence-electron chi connectivity index (χ3n) is 2.27. The Morgan fingerprint density at radius 1 is 1.50 bits per heavy atom. The van der Waals surface area contributed by atoms with Gasteiger partial charge in [0.05, 0.1) is 13.0 Å². The molecule has 1 unspecified atom stereocenters. The topological polar surface area (TPSA) is 43.4 Å². The van der Waals surface area contributed by atoms with Crippen molar-refractivity contribution in [2.24, 2.45) is 5.92 Å². The summed E-state index contributed by atoms with van der Waals surface area (Å²) in [4.78, 5) is 22.2. The predicted octanol–water partition coefficient (Wildman–Crippen LogP) is 1.31. The van der Waals surface area contributed by atoms with Crippen molar-refractivity contribution in [3.8, 4) is 0 Å². The van der Waals surface area contributed by atoms with Crippen LogP contribution in [0, 0.1) is 5.92 Å². The van der Waals surface area contributed by atoms with Crippen LogP contribution >= 0.6 is 0 Å². The van der Waals surface area contributed by atoms with Crippen LogP contribution in [0.1, 0.15) is 32.1 Å². The maximum atomic E-state index is 11.1. The van der Waals surface area contributed by atoms with Crippen molar-refractivity contribution in [1.29, 1.82) is 0 Å². The van der Waals surface area contributed by atoms with Gasteiger partial charge in [0.1, 0.15) is 5.78 Å². The minimum absolute atomic E-state index is 0.176. The highest BCUT2D eigenvalue weighted by molar-refractivity contribution is 5.84. The first-order valence-corrected chi connectivity index (χ1v) is 4.33. The molecule has 3 nitrogen and oxygen atoms in total. The van der Waals surface area contributed by atoms with E-state index in [4.69, 9.17) is 0 Å². The molecule has 0 aliphatic heterocycles.